The molecule has 0 saturated carbocycles. The first-order chi connectivity index (χ1) is 13.3. The fourth-order valence-corrected chi connectivity index (χ4v) is 3.89. The van der Waals surface area contributed by atoms with Gasteiger partial charge in [-0.05, 0) is 49.4 Å². The van der Waals surface area contributed by atoms with Crippen LogP contribution in [0.4, 0.5) is 5.69 Å². The number of amides is 1. The van der Waals surface area contributed by atoms with Gasteiger partial charge in [0.25, 0.3) is 0 Å². The molecule has 2 aromatic rings. The van der Waals surface area contributed by atoms with E-state index in [0.29, 0.717) is 31.7 Å². The van der Waals surface area contributed by atoms with E-state index in [1.807, 2.05) is 23.1 Å². The molecule has 0 aliphatic carbocycles. The summed E-state index contributed by atoms with van der Waals surface area (Å²) >= 11 is 0. The zero-order valence-electron chi connectivity index (χ0n) is 16.3. The lowest BCUT2D eigenvalue weighted by atomic mass is 10.1. The highest BCUT2D eigenvalue weighted by atomic mass is 32.2. The van der Waals surface area contributed by atoms with Crippen LogP contribution in [0.25, 0.3) is 0 Å². The van der Waals surface area contributed by atoms with Gasteiger partial charge in [-0.3, -0.25) is 4.79 Å². The Morgan fingerprint density at radius 1 is 1.07 bits per heavy atom. The fourth-order valence-electron chi connectivity index (χ4n) is 3.26. The van der Waals surface area contributed by atoms with Gasteiger partial charge >= 0.3 is 0 Å². The highest BCUT2D eigenvalue weighted by Gasteiger charge is 2.22. The maximum absolute atomic E-state index is 12.8. The molecule has 1 aliphatic heterocycles. The zero-order chi connectivity index (χ0) is 20.1. The average molecular weight is 403 g/mol. The number of carbonyl (C=O) groups excluding carboxylic acids is 1. The summed E-state index contributed by atoms with van der Waals surface area (Å²) in [5, 5.41) is 0. The van der Waals surface area contributed by atoms with Gasteiger partial charge in [0, 0.05) is 38.0 Å². The Hall–Kier alpha value is -2.38. The minimum atomic E-state index is -3.21. The van der Waals surface area contributed by atoms with Crippen LogP contribution < -0.4 is 9.64 Å². The molecule has 0 radical (unpaired) electrons. The number of benzene rings is 2. The van der Waals surface area contributed by atoms with Gasteiger partial charge < -0.3 is 14.5 Å². The zero-order valence-corrected chi connectivity index (χ0v) is 17.1. The molecule has 150 valence electrons. The second-order valence-corrected chi connectivity index (χ2v) is 9.12. The summed E-state index contributed by atoms with van der Waals surface area (Å²) in [4.78, 5) is 17.1. The number of ether oxygens (including phenoxy) is 1. The predicted octanol–water partition coefficient (Wildman–Crippen LogP) is 2.73. The van der Waals surface area contributed by atoms with Crippen LogP contribution >= 0.6 is 0 Å². The molecule has 1 aliphatic rings. The van der Waals surface area contributed by atoms with E-state index >= 15 is 0 Å². The van der Waals surface area contributed by atoms with Gasteiger partial charge in [0.1, 0.15) is 5.75 Å². The van der Waals surface area contributed by atoms with E-state index in [2.05, 4.69) is 18.0 Å². The fraction of sp³-hybridized carbons (Fsp3) is 0.381. The van der Waals surface area contributed by atoms with E-state index in [1.54, 1.807) is 12.1 Å². The second kappa shape index (κ2) is 8.75. The molecule has 7 heteroatoms. The van der Waals surface area contributed by atoms with Gasteiger partial charge in [0.15, 0.2) is 9.84 Å². The van der Waals surface area contributed by atoms with E-state index in [9.17, 15) is 13.2 Å². The second-order valence-electron chi connectivity index (χ2n) is 7.11. The van der Waals surface area contributed by atoms with E-state index in [4.69, 9.17) is 4.74 Å². The third-order valence-electron chi connectivity index (χ3n) is 4.78. The number of hydrogen-bond acceptors (Lipinski definition) is 5. The molecular formula is C21H26N2O4S. The van der Waals surface area contributed by atoms with Crippen molar-refractivity contribution in [1.82, 2.24) is 4.90 Å². The van der Waals surface area contributed by atoms with Gasteiger partial charge in [-0.25, -0.2) is 8.42 Å². The lowest BCUT2D eigenvalue weighted by Crippen LogP contribution is -2.35. The molecule has 3 rings (SSSR count). The average Bonchev–Trinajstić information content (AvgIpc) is 2.83. The minimum Gasteiger partial charge on any atom is -0.494 e. The molecule has 0 bridgehead atoms. The molecule has 28 heavy (non-hydrogen) atoms. The van der Waals surface area contributed by atoms with Crippen LogP contribution in [0.3, 0.4) is 0 Å². The molecule has 1 amide bonds. The van der Waals surface area contributed by atoms with E-state index in [1.165, 1.54) is 18.4 Å². The quantitative estimate of drug-likeness (QED) is 0.695. The lowest BCUT2D eigenvalue weighted by molar-refractivity contribution is -0.118. The molecule has 0 atom stereocenters. The van der Waals surface area contributed by atoms with Gasteiger partial charge in [-0.15, -0.1) is 0 Å². The molecule has 0 aromatic heterocycles. The maximum Gasteiger partial charge on any atom is 0.227 e. The van der Waals surface area contributed by atoms with Crippen molar-refractivity contribution in [2.75, 3.05) is 37.9 Å². The Balaban J connectivity index is 1.53. The maximum atomic E-state index is 12.8. The standard InChI is InChI=1S/C21H26N2O4S/c1-22-13-14-23(20-7-4-3-6-17(20)16-22)21(24)8-5-15-27-18-9-11-19(12-10-18)28(2,25)26/h3-4,6-7,9-12H,5,8,13-16H2,1-2H3. The Morgan fingerprint density at radius 2 is 1.79 bits per heavy atom. The van der Waals surface area contributed by atoms with Crippen LogP contribution in [0, 0.1) is 0 Å². The Bertz CT molecular complexity index is 926. The molecule has 6 nitrogen and oxygen atoms in total. The largest absolute Gasteiger partial charge is 0.494 e. The summed E-state index contributed by atoms with van der Waals surface area (Å²) in [5.74, 6) is 0.695. The minimum absolute atomic E-state index is 0.0961. The Labute approximate surface area is 166 Å². The van der Waals surface area contributed by atoms with E-state index < -0.39 is 9.84 Å². The van der Waals surface area contributed by atoms with Crippen LogP contribution in [0.5, 0.6) is 5.75 Å². The van der Waals surface area contributed by atoms with Crippen molar-refractivity contribution in [2.45, 2.75) is 24.3 Å². The number of rotatable bonds is 6. The smallest absolute Gasteiger partial charge is 0.227 e. The number of fused-ring (bicyclic) bond motifs is 1. The first kappa shape index (κ1) is 20.4. The molecular weight excluding hydrogens is 376 g/mol. The Kier molecular flexibility index (Phi) is 6.36. The van der Waals surface area contributed by atoms with Crippen molar-refractivity contribution in [3.05, 3.63) is 54.1 Å². The number of carbonyl (C=O) groups is 1. The van der Waals surface area contributed by atoms with Gasteiger partial charge in [-0.2, -0.15) is 0 Å². The number of para-hydroxylation sites is 1. The molecule has 2 aromatic carbocycles. The monoisotopic (exact) mass is 402 g/mol. The van der Waals surface area contributed by atoms with Crippen molar-refractivity contribution >= 4 is 21.4 Å². The molecule has 0 spiro atoms. The topological polar surface area (TPSA) is 66.9 Å². The summed E-state index contributed by atoms with van der Waals surface area (Å²) in [5.41, 5.74) is 2.16. The van der Waals surface area contributed by atoms with Crippen molar-refractivity contribution in [2.24, 2.45) is 0 Å². The summed E-state index contributed by atoms with van der Waals surface area (Å²) < 4.78 is 28.6. The lowest BCUT2D eigenvalue weighted by Gasteiger charge is -2.22. The number of likely N-dealkylation sites (N-methyl/N-ethyl adjacent to an activating group) is 1. The molecule has 0 fully saturated rings. The molecule has 1 heterocycles. The normalized spacial score (nSPS) is 15.0. The van der Waals surface area contributed by atoms with Gasteiger partial charge in [0.2, 0.25) is 5.91 Å². The molecule has 0 saturated heterocycles. The van der Waals surface area contributed by atoms with Crippen LogP contribution in [-0.2, 0) is 21.2 Å². The number of anilines is 1. The van der Waals surface area contributed by atoms with Crippen LogP contribution in [0.1, 0.15) is 18.4 Å². The predicted molar refractivity (Wildman–Crippen MR) is 109 cm³/mol. The van der Waals surface area contributed by atoms with Crippen molar-refractivity contribution in [1.29, 1.82) is 0 Å². The summed E-state index contributed by atoms with van der Waals surface area (Å²) in [6.07, 6.45) is 2.17. The van der Waals surface area contributed by atoms with Crippen molar-refractivity contribution in [3.8, 4) is 5.75 Å². The van der Waals surface area contributed by atoms with E-state index in [0.717, 1.165) is 24.3 Å². The number of sulfone groups is 1. The van der Waals surface area contributed by atoms with Crippen LogP contribution in [0.15, 0.2) is 53.4 Å². The first-order valence-corrected chi connectivity index (χ1v) is 11.2. The van der Waals surface area contributed by atoms with Crippen LogP contribution in [0.2, 0.25) is 0 Å². The number of nitrogens with zero attached hydrogens (tertiary/aromatic N) is 2. The van der Waals surface area contributed by atoms with E-state index in [-0.39, 0.29) is 10.8 Å². The third-order valence-corrected chi connectivity index (χ3v) is 5.91. The SMILES string of the molecule is CN1CCN(C(=O)CCCOc2ccc(S(C)(=O)=O)cc2)c2ccccc2C1. The number of hydrogen-bond donors (Lipinski definition) is 0. The summed E-state index contributed by atoms with van der Waals surface area (Å²) in [7, 11) is -1.15. The van der Waals surface area contributed by atoms with Crippen molar-refractivity contribution < 1.29 is 17.9 Å². The van der Waals surface area contributed by atoms with Crippen LogP contribution in [-0.4, -0.2) is 52.2 Å². The van der Waals surface area contributed by atoms with Gasteiger partial charge in [-0.1, -0.05) is 18.2 Å². The third kappa shape index (κ3) is 5.11. The highest BCUT2D eigenvalue weighted by Crippen LogP contribution is 2.25. The Morgan fingerprint density at radius 3 is 2.50 bits per heavy atom. The summed E-state index contributed by atoms with van der Waals surface area (Å²) in [6.45, 7) is 2.76. The highest BCUT2D eigenvalue weighted by molar-refractivity contribution is 7.90. The van der Waals surface area contributed by atoms with Gasteiger partial charge in [0.05, 0.1) is 11.5 Å². The summed E-state index contributed by atoms with van der Waals surface area (Å²) in [6, 6.07) is 14.4. The first-order valence-electron chi connectivity index (χ1n) is 9.34. The molecule has 0 unspecified atom stereocenters. The van der Waals surface area contributed by atoms with Crippen molar-refractivity contribution in [3.63, 3.8) is 0 Å². The molecule has 0 N–H and O–H groups in total.